The molecule has 0 saturated carbocycles. The first-order valence-corrected chi connectivity index (χ1v) is 8.74. The van der Waals surface area contributed by atoms with Crippen LogP contribution in [0.1, 0.15) is 34.3 Å². The molecule has 1 aliphatic rings. The second-order valence-corrected chi connectivity index (χ2v) is 6.67. The summed E-state index contributed by atoms with van der Waals surface area (Å²) in [4.78, 5) is 24.9. The number of rotatable bonds is 5. The van der Waals surface area contributed by atoms with Crippen LogP contribution in [0.4, 0.5) is 5.69 Å². The molecule has 0 bridgehead atoms. The van der Waals surface area contributed by atoms with Crippen LogP contribution < -0.4 is 0 Å². The van der Waals surface area contributed by atoms with E-state index >= 15 is 0 Å². The van der Waals surface area contributed by atoms with Gasteiger partial charge < -0.3 is 4.74 Å². The predicted octanol–water partition coefficient (Wildman–Crippen LogP) is 4.15. The summed E-state index contributed by atoms with van der Waals surface area (Å²) in [5.74, 6) is -0.276. The number of ether oxygens (including phenoxy) is 1. The molecule has 0 N–H and O–H groups in total. The molecule has 1 heterocycles. The molecular weight excluding hydrogens is 368 g/mol. The van der Waals surface area contributed by atoms with Crippen LogP contribution in [-0.4, -0.2) is 35.0 Å². The van der Waals surface area contributed by atoms with Gasteiger partial charge in [0.05, 0.1) is 10.5 Å². The molecule has 7 heteroatoms. The van der Waals surface area contributed by atoms with Crippen LogP contribution in [0.2, 0.25) is 0 Å². The molecule has 6 nitrogen and oxygen atoms in total. The number of halogens is 1. The average molecular weight is 391 g/mol. The Kier molecular flexibility index (Phi) is 7.33. The number of benzene rings is 2. The monoisotopic (exact) mass is 390 g/mol. The highest BCUT2D eigenvalue weighted by Gasteiger charge is 2.23. The third-order valence-electron chi connectivity index (χ3n) is 4.62. The zero-order valence-electron chi connectivity index (χ0n) is 15.2. The molecule has 0 spiro atoms. The van der Waals surface area contributed by atoms with Crippen LogP contribution in [0.5, 0.6) is 0 Å². The molecule has 1 saturated heterocycles. The van der Waals surface area contributed by atoms with Gasteiger partial charge in [-0.2, -0.15) is 0 Å². The predicted molar refractivity (Wildman–Crippen MR) is 105 cm³/mol. The fraction of sp³-hybridized carbons (Fsp3) is 0.350. The molecule has 2 aromatic carbocycles. The maximum absolute atomic E-state index is 12.2. The van der Waals surface area contributed by atoms with Crippen molar-refractivity contribution in [2.24, 2.45) is 0 Å². The minimum atomic E-state index is -0.375. The van der Waals surface area contributed by atoms with Crippen LogP contribution in [-0.2, 0) is 11.3 Å². The number of esters is 1. The van der Waals surface area contributed by atoms with E-state index in [1.54, 1.807) is 24.3 Å². The van der Waals surface area contributed by atoms with E-state index in [4.69, 9.17) is 4.74 Å². The van der Waals surface area contributed by atoms with E-state index in [2.05, 4.69) is 4.90 Å². The van der Waals surface area contributed by atoms with E-state index in [0.29, 0.717) is 12.1 Å². The fourth-order valence-corrected chi connectivity index (χ4v) is 3.12. The van der Waals surface area contributed by atoms with E-state index in [9.17, 15) is 14.9 Å². The van der Waals surface area contributed by atoms with Gasteiger partial charge in [0.15, 0.2) is 0 Å². The molecule has 0 radical (unpaired) electrons. The van der Waals surface area contributed by atoms with Crippen molar-refractivity contribution in [2.45, 2.75) is 32.4 Å². The van der Waals surface area contributed by atoms with E-state index in [0.717, 1.165) is 37.1 Å². The lowest BCUT2D eigenvalue weighted by molar-refractivity contribution is -0.384. The minimum absolute atomic E-state index is 0. The van der Waals surface area contributed by atoms with Gasteiger partial charge in [0.1, 0.15) is 6.10 Å². The number of non-ortho nitro benzene ring substituents is 1. The zero-order valence-corrected chi connectivity index (χ0v) is 16.0. The van der Waals surface area contributed by atoms with Gasteiger partial charge in [0.2, 0.25) is 0 Å². The fourth-order valence-electron chi connectivity index (χ4n) is 3.12. The average Bonchev–Trinajstić information content (AvgIpc) is 2.64. The number of nitro groups is 1. The van der Waals surface area contributed by atoms with E-state index < -0.39 is 0 Å². The first-order valence-electron chi connectivity index (χ1n) is 8.74. The van der Waals surface area contributed by atoms with Crippen LogP contribution in [0.3, 0.4) is 0 Å². The van der Waals surface area contributed by atoms with Crippen LogP contribution in [0.15, 0.2) is 48.5 Å². The van der Waals surface area contributed by atoms with Crippen molar-refractivity contribution in [3.05, 3.63) is 75.3 Å². The summed E-state index contributed by atoms with van der Waals surface area (Å²) in [6.45, 7) is 4.25. The van der Waals surface area contributed by atoms with Crippen molar-refractivity contribution in [3.8, 4) is 0 Å². The summed E-state index contributed by atoms with van der Waals surface area (Å²) in [7, 11) is 0. The largest absolute Gasteiger partial charge is 0.459 e. The molecule has 0 amide bonds. The highest BCUT2D eigenvalue weighted by Crippen LogP contribution is 2.20. The van der Waals surface area contributed by atoms with Crippen molar-refractivity contribution in [1.82, 2.24) is 4.90 Å². The Bertz CT molecular complexity index is 787. The minimum Gasteiger partial charge on any atom is -0.459 e. The molecule has 0 unspecified atom stereocenters. The zero-order chi connectivity index (χ0) is 18.5. The highest BCUT2D eigenvalue weighted by molar-refractivity contribution is 5.89. The van der Waals surface area contributed by atoms with E-state index in [1.807, 2.05) is 25.1 Å². The Hall–Kier alpha value is -2.44. The topological polar surface area (TPSA) is 72.7 Å². The molecule has 2 aromatic rings. The Morgan fingerprint density at radius 2 is 1.85 bits per heavy atom. The van der Waals surface area contributed by atoms with Crippen LogP contribution in [0.25, 0.3) is 0 Å². The van der Waals surface area contributed by atoms with Crippen molar-refractivity contribution < 1.29 is 14.5 Å². The van der Waals surface area contributed by atoms with Gasteiger partial charge in [-0.1, -0.05) is 29.8 Å². The third-order valence-corrected chi connectivity index (χ3v) is 4.62. The molecule has 144 valence electrons. The summed E-state index contributed by atoms with van der Waals surface area (Å²) in [5, 5.41) is 10.9. The van der Waals surface area contributed by atoms with Crippen molar-refractivity contribution in [3.63, 3.8) is 0 Å². The number of likely N-dealkylation sites (tertiary alicyclic amines) is 1. The Labute approximate surface area is 164 Å². The number of carbonyl (C=O) groups excluding carboxylic acids is 1. The summed E-state index contributed by atoms with van der Waals surface area (Å²) in [5.41, 5.74) is 2.73. The van der Waals surface area contributed by atoms with Gasteiger partial charge in [0.25, 0.3) is 5.69 Å². The normalized spacial score (nSPS) is 15.0. The second-order valence-electron chi connectivity index (χ2n) is 6.67. The molecule has 0 aliphatic carbocycles. The van der Waals surface area contributed by atoms with E-state index in [-0.39, 0.29) is 35.1 Å². The highest BCUT2D eigenvalue weighted by atomic mass is 35.5. The number of nitro benzene ring substituents is 1. The molecule has 0 aromatic heterocycles. The first-order chi connectivity index (χ1) is 12.5. The lowest BCUT2D eigenvalue weighted by atomic mass is 10.1. The van der Waals surface area contributed by atoms with Crippen molar-refractivity contribution in [1.29, 1.82) is 0 Å². The SMILES string of the molecule is Cc1ccc(C(=O)OC2CCN(Cc3cccc([N+](=O)[O-])c3)CC2)cc1.Cl. The number of aryl methyl sites for hydroxylation is 1. The number of piperidine rings is 1. The lowest BCUT2D eigenvalue weighted by Gasteiger charge is -2.31. The Balaban J connectivity index is 0.00000261. The number of carbonyl (C=O) groups is 1. The second kappa shape index (κ2) is 9.48. The maximum Gasteiger partial charge on any atom is 0.338 e. The summed E-state index contributed by atoms with van der Waals surface area (Å²) in [6, 6.07) is 14.1. The number of hydrogen-bond acceptors (Lipinski definition) is 5. The van der Waals surface area contributed by atoms with Crippen LogP contribution >= 0.6 is 12.4 Å². The standard InChI is InChI=1S/C20H22N2O4.ClH/c1-15-5-7-17(8-6-15)20(23)26-19-9-11-21(12-10-19)14-16-3-2-4-18(13-16)22(24)25;/h2-8,13,19H,9-12,14H2,1H3;1H. The lowest BCUT2D eigenvalue weighted by Crippen LogP contribution is -2.37. The molecular formula is C20H23ClN2O4. The van der Waals surface area contributed by atoms with Gasteiger partial charge >= 0.3 is 5.97 Å². The summed E-state index contributed by atoms with van der Waals surface area (Å²) < 4.78 is 5.61. The van der Waals surface area contributed by atoms with E-state index in [1.165, 1.54) is 6.07 Å². The molecule has 1 fully saturated rings. The van der Waals surface area contributed by atoms with Crippen molar-refractivity contribution in [2.75, 3.05) is 13.1 Å². The van der Waals surface area contributed by atoms with Gasteiger partial charge in [-0.25, -0.2) is 4.79 Å². The maximum atomic E-state index is 12.2. The number of nitrogens with zero attached hydrogens (tertiary/aromatic N) is 2. The smallest absolute Gasteiger partial charge is 0.338 e. The molecule has 27 heavy (non-hydrogen) atoms. The van der Waals surface area contributed by atoms with Gasteiger partial charge in [-0.3, -0.25) is 15.0 Å². The van der Waals surface area contributed by atoms with Gasteiger partial charge in [-0.15, -0.1) is 12.4 Å². The molecule has 1 aliphatic heterocycles. The Morgan fingerprint density at radius 1 is 1.19 bits per heavy atom. The third kappa shape index (κ3) is 5.77. The molecule has 0 atom stereocenters. The van der Waals surface area contributed by atoms with Crippen LogP contribution in [0, 0.1) is 17.0 Å². The number of hydrogen-bond donors (Lipinski definition) is 0. The first kappa shape index (κ1) is 20.9. The Morgan fingerprint density at radius 3 is 2.48 bits per heavy atom. The summed E-state index contributed by atoms with van der Waals surface area (Å²) in [6.07, 6.45) is 1.46. The van der Waals surface area contributed by atoms with Crippen molar-refractivity contribution >= 4 is 24.1 Å². The molecule has 3 rings (SSSR count). The summed E-state index contributed by atoms with van der Waals surface area (Å²) >= 11 is 0. The van der Waals surface area contributed by atoms with Gasteiger partial charge in [0, 0.05) is 31.8 Å². The van der Waals surface area contributed by atoms with Gasteiger partial charge in [-0.05, 0) is 37.5 Å². The quantitative estimate of drug-likeness (QED) is 0.435.